The van der Waals surface area contributed by atoms with Gasteiger partial charge in [0.15, 0.2) is 0 Å². The molecule has 1 saturated carbocycles. The van der Waals surface area contributed by atoms with Crippen molar-refractivity contribution in [1.29, 1.82) is 0 Å². The van der Waals surface area contributed by atoms with Gasteiger partial charge in [-0.25, -0.2) is 9.59 Å². The van der Waals surface area contributed by atoms with Crippen molar-refractivity contribution < 1.29 is 38.8 Å². The zero-order valence-electron chi connectivity index (χ0n) is 38.2. The van der Waals surface area contributed by atoms with Crippen molar-refractivity contribution in [3.8, 4) is 17.2 Å². The summed E-state index contributed by atoms with van der Waals surface area (Å²) in [5.74, 6) is 0.874. The monoisotopic (exact) mass is 908 g/mol. The molecular weight excluding hydrogens is 844 g/mol. The third-order valence-electron chi connectivity index (χ3n) is 13.9. The summed E-state index contributed by atoms with van der Waals surface area (Å²) in [6, 6.07) is 21.7. The maximum Gasteiger partial charge on any atom is 0.329 e. The number of carboxylic acids is 2. The Bertz CT molecular complexity index is 2290. The van der Waals surface area contributed by atoms with Crippen LogP contribution in [0.1, 0.15) is 106 Å². The van der Waals surface area contributed by atoms with Gasteiger partial charge in [0, 0.05) is 47.6 Å². The third-order valence-corrected chi connectivity index (χ3v) is 14.1. The Morgan fingerprint density at radius 2 is 1.71 bits per heavy atom. The second-order valence-corrected chi connectivity index (χ2v) is 19.4. The van der Waals surface area contributed by atoms with Gasteiger partial charge in [0.05, 0.1) is 13.2 Å². The Balaban J connectivity index is 1.01. The lowest BCUT2D eigenvalue weighted by Crippen LogP contribution is -2.53. The van der Waals surface area contributed by atoms with E-state index in [4.69, 9.17) is 25.8 Å². The molecule has 1 fully saturated rings. The molecule has 13 heteroatoms. The Morgan fingerprint density at radius 3 is 2.46 bits per heavy atom. The van der Waals surface area contributed by atoms with E-state index in [1.54, 1.807) is 12.1 Å². The van der Waals surface area contributed by atoms with Crippen LogP contribution >= 0.6 is 11.6 Å². The van der Waals surface area contributed by atoms with E-state index in [9.17, 15) is 24.6 Å². The predicted molar refractivity (Wildman–Crippen MR) is 253 cm³/mol. The van der Waals surface area contributed by atoms with Crippen molar-refractivity contribution in [2.45, 2.75) is 114 Å². The molecule has 3 aliphatic carbocycles. The number of hydrogen-bond donors (Lipinski definition) is 4. The Kier molecular flexibility index (Phi) is 15.6. The first-order valence-corrected chi connectivity index (χ1v) is 23.6. The van der Waals surface area contributed by atoms with Gasteiger partial charge in [0.2, 0.25) is 5.91 Å². The zero-order chi connectivity index (χ0) is 46.1. The van der Waals surface area contributed by atoms with Crippen LogP contribution in [0.4, 0.5) is 5.69 Å². The maximum atomic E-state index is 13.1. The number of aromatic nitrogens is 1. The van der Waals surface area contributed by atoms with Crippen LogP contribution in [0.2, 0.25) is 5.02 Å². The minimum absolute atomic E-state index is 0.104. The summed E-state index contributed by atoms with van der Waals surface area (Å²) in [5, 5.41) is 27.3. The number of carboxylic acid groups (broad SMARTS) is 2. The van der Waals surface area contributed by atoms with Crippen LogP contribution in [0.5, 0.6) is 17.2 Å². The van der Waals surface area contributed by atoms with Crippen LogP contribution in [-0.4, -0.2) is 90.0 Å². The summed E-state index contributed by atoms with van der Waals surface area (Å²) in [6.07, 6.45) is 9.77. The molecule has 0 saturated heterocycles. The number of nitrogens with one attached hydrogen (secondary N) is 2. The second kappa shape index (κ2) is 21.3. The van der Waals surface area contributed by atoms with Gasteiger partial charge < -0.3 is 40.0 Å². The van der Waals surface area contributed by atoms with Crippen molar-refractivity contribution in [1.82, 2.24) is 15.2 Å². The number of pyridine rings is 1. The van der Waals surface area contributed by atoms with E-state index in [1.165, 1.54) is 16.7 Å². The minimum Gasteiger partial charge on any atom is -0.494 e. The lowest BCUT2D eigenvalue weighted by Gasteiger charge is -2.47. The van der Waals surface area contributed by atoms with E-state index in [2.05, 4.69) is 41.6 Å². The van der Waals surface area contributed by atoms with Gasteiger partial charge in [-0.1, -0.05) is 49.7 Å². The molecule has 1 spiro atoms. The molecule has 0 radical (unpaired) electrons. The van der Waals surface area contributed by atoms with Gasteiger partial charge in [0.1, 0.15) is 35.4 Å². The first-order chi connectivity index (χ1) is 31.2. The summed E-state index contributed by atoms with van der Waals surface area (Å²) in [7, 11) is 3.93. The molecule has 1 aromatic heterocycles. The average molecular weight is 910 g/mol. The highest BCUT2D eigenvalue weighted by Crippen LogP contribution is 2.57. The topological polar surface area (TPSA) is 160 Å². The van der Waals surface area contributed by atoms with Crippen molar-refractivity contribution in [3.63, 3.8) is 0 Å². The minimum atomic E-state index is -1.15. The molecule has 0 aliphatic heterocycles. The maximum absolute atomic E-state index is 13.1. The highest BCUT2D eigenvalue weighted by molar-refractivity contribution is 6.30. The number of aryl methyl sites for hydroxylation is 1. The summed E-state index contributed by atoms with van der Waals surface area (Å²) >= 11 is 6.31. The number of nitrogens with zero attached hydrogens (tertiary/aromatic N) is 2. The first kappa shape index (κ1) is 47.6. The fourth-order valence-corrected chi connectivity index (χ4v) is 10.6. The number of aliphatic carboxylic acids is 2. The van der Waals surface area contributed by atoms with Crippen LogP contribution in [0.25, 0.3) is 0 Å². The number of rotatable bonds is 21. The lowest BCUT2D eigenvalue weighted by molar-refractivity contribution is -0.144. The summed E-state index contributed by atoms with van der Waals surface area (Å²) in [5.41, 5.74) is 4.88. The molecule has 12 nitrogen and oxygen atoms in total. The van der Waals surface area contributed by atoms with Gasteiger partial charge in [-0.3, -0.25) is 9.78 Å². The number of halogens is 1. The van der Waals surface area contributed by atoms with Crippen molar-refractivity contribution in [3.05, 3.63) is 112 Å². The highest BCUT2D eigenvalue weighted by atomic mass is 35.5. The summed E-state index contributed by atoms with van der Waals surface area (Å²) < 4.78 is 18.7. The van der Waals surface area contributed by atoms with E-state index in [-0.39, 0.29) is 42.6 Å². The third kappa shape index (κ3) is 11.7. The molecule has 3 aliphatic rings. The van der Waals surface area contributed by atoms with Crippen LogP contribution in [-0.2, 0) is 39.1 Å². The molecule has 4 atom stereocenters. The van der Waals surface area contributed by atoms with Gasteiger partial charge in [-0.05, 0) is 167 Å². The van der Waals surface area contributed by atoms with Crippen molar-refractivity contribution in [2.24, 2.45) is 11.8 Å². The lowest BCUT2D eigenvalue weighted by atomic mass is 9.59. The van der Waals surface area contributed by atoms with Crippen LogP contribution in [0.15, 0.2) is 79.0 Å². The Labute approximate surface area is 388 Å². The van der Waals surface area contributed by atoms with Gasteiger partial charge in [-0.2, -0.15) is 0 Å². The molecule has 7 rings (SSSR count). The van der Waals surface area contributed by atoms with Crippen LogP contribution < -0.4 is 24.8 Å². The Morgan fingerprint density at radius 1 is 0.938 bits per heavy atom. The molecule has 1 amide bonds. The SMILES string of the molecule is C[C@@H](COc1ccnc2c1[C@H](C)CCC2)CC1Cc2ccc(OCCCC(=O)NC(Cc3cccc(OCCN(C)C)c3)C(=O)O)cc2C12CCC(Nc1cccc(Cl)c1)(C(=O)O)CC2. The molecule has 4 aromatic rings. The van der Waals surface area contributed by atoms with E-state index in [0.29, 0.717) is 73.4 Å². The number of benzene rings is 3. The van der Waals surface area contributed by atoms with Crippen molar-refractivity contribution >= 4 is 35.1 Å². The number of anilines is 1. The van der Waals surface area contributed by atoms with Gasteiger partial charge in [-0.15, -0.1) is 0 Å². The normalized spacial score (nSPS) is 22.1. The summed E-state index contributed by atoms with van der Waals surface area (Å²) in [6.45, 7) is 6.61. The van der Waals surface area contributed by atoms with Crippen LogP contribution in [0.3, 0.4) is 0 Å². The Hall–Kier alpha value is -5.33. The first-order valence-electron chi connectivity index (χ1n) is 23.3. The molecule has 3 aromatic carbocycles. The highest BCUT2D eigenvalue weighted by Gasteiger charge is 2.54. The molecule has 65 heavy (non-hydrogen) atoms. The standard InChI is InChI=1S/C52H65ClN4O8/c1-34(33-65-46-18-23-54-44-14-5-9-35(2)48(44)46)27-38-30-37-16-17-42(32-43(37)51(38)19-21-52(22-20-51,50(61)62)56-40-12-7-11-39(53)31-40)63-25-8-15-47(58)55-45(49(59)60)29-36-10-6-13-41(28-36)64-26-24-57(3)4/h6-7,10-13,16-18,23,28,31-32,34-35,38,45,56H,5,8-9,14-15,19-22,24-27,29-30,33H2,1-4H3,(H,55,58)(H,59,60)(H,61,62)/t34-,35-,38?,45?,51?,52?/m1/s1. The average Bonchev–Trinajstić information content (AvgIpc) is 3.55. The molecule has 2 unspecified atom stereocenters. The van der Waals surface area contributed by atoms with E-state index < -0.39 is 23.5 Å². The largest absolute Gasteiger partial charge is 0.494 e. The molecule has 4 N–H and O–H groups in total. The number of amides is 1. The molecule has 348 valence electrons. The van der Waals surface area contributed by atoms with E-state index in [0.717, 1.165) is 55.7 Å². The second-order valence-electron chi connectivity index (χ2n) is 18.9. The predicted octanol–water partition coefficient (Wildman–Crippen LogP) is 9.11. The fourth-order valence-electron chi connectivity index (χ4n) is 10.4. The quantitative estimate of drug-likeness (QED) is 0.0591. The molecule has 0 bridgehead atoms. The van der Waals surface area contributed by atoms with Crippen molar-refractivity contribution in [2.75, 3.05) is 45.8 Å². The number of carbonyl (C=O) groups is 3. The van der Waals surface area contributed by atoms with Gasteiger partial charge >= 0.3 is 11.9 Å². The number of carbonyl (C=O) groups excluding carboxylic acids is 1. The van der Waals surface area contributed by atoms with Crippen LogP contribution in [0, 0.1) is 11.8 Å². The summed E-state index contributed by atoms with van der Waals surface area (Å²) in [4.78, 5) is 45.0. The molecule has 1 heterocycles. The van der Waals surface area contributed by atoms with E-state index >= 15 is 0 Å². The number of fused-ring (bicyclic) bond motifs is 3. The zero-order valence-corrected chi connectivity index (χ0v) is 39.0. The number of likely N-dealkylation sites (N-methyl/N-ethyl adjacent to an activating group) is 1. The fraction of sp³-hybridized carbons (Fsp3) is 0.500. The number of ether oxygens (including phenoxy) is 3. The smallest absolute Gasteiger partial charge is 0.329 e. The molecular formula is C52H65ClN4O8. The number of hydrogen-bond acceptors (Lipinski definition) is 9. The van der Waals surface area contributed by atoms with Gasteiger partial charge in [0.25, 0.3) is 0 Å². The van der Waals surface area contributed by atoms with E-state index in [1.807, 2.05) is 73.7 Å².